The van der Waals surface area contributed by atoms with E-state index in [9.17, 15) is 14.7 Å². The average molecular weight is 511 g/mol. The Hall–Kier alpha value is -3.89. The van der Waals surface area contributed by atoms with E-state index in [0.717, 1.165) is 0 Å². The van der Waals surface area contributed by atoms with Gasteiger partial charge in [0.05, 0.1) is 36.6 Å². The molecule has 1 aliphatic heterocycles. The molecule has 0 bridgehead atoms. The molecular formula is C26H26N2O7S. The number of fused-ring (bicyclic) bond motifs is 1. The minimum absolute atomic E-state index is 0.000431. The molecule has 1 atom stereocenters. The van der Waals surface area contributed by atoms with Gasteiger partial charge in [0.1, 0.15) is 18.4 Å². The van der Waals surface area contributed by atoms with Crippen LogP contribution in [0.25, 0.3) is 6.08 Å². The Kier molecular flexibility index (Phi) is 7.56. The lowest BCUT2D eigenvalue weighted by atomic mass is 9.95. The molecule has 3 aromatic rings. The quantitative estimate of drug-likeness (QED) is 0.365. The smallest absolute Gasteiger partial charge is 0.338 e. The van der Waals surface area contributed by atoms with Gasteiger partial charge >= 0.3 is 5.97 Å². The number of rotatable bonds is 8. The number of esters is 1. The molecule has 2 aromatic carbocycles. The molecule has 0 radical (unpaired) electrons. The van der Waals surface area contributed by atoms with Crippen molar-refractivity contribution in [2.75, 3.05) is 34.5 Å². The third-order valence-corrected chi connectivity index (χ3v) is 6.68. The van der Waals surface area contributed by atoms with E-state index in [0.29, 0.717) is 37.7 Å². The topological polar surface area (TPSA) is 109 Å². The number of phenolic OH excluding ortho intramolecular Hbond substituents is 1. The van der Waals surface area contributed by atoms with Crippen LogP contribution < -0.4 is 24.4 Å². The fraction of sp³-hybridized carbons (Fsp3) is 0.269. The number of hydrogen-bond acceptors (Lipinski definition) is 9. The Morgan fingerprint density at radius 3 is 2.58 bits per heavy atom. The SMILES string of the molecule is COCCOC(=O)C1=C(C)N=c2sc(=Cc3ccc(O)c(OC)c3)c(=O)n2C1c1ccccc1OC. The highest BCUT2D eigenvalue weighted by molar-refractivity contribution is 7.07. The van der Waals surface area contributed by atoms with Crippen LogP contribution >= 0.6 is 11.3 Å². The van der Waals surface area contributed by atoms with Crippen molar-refractivity contribution >= 4 is 23.4 Å². The molecule has 0 spiro atoms. The Morgan fingerprint density at radius 1 is 1.11 bits per heavy atom. The van der Waals surface area contributed by atoms with E-state index in [4.69, 9.17) is 18.9 Å². The van der Waals surface area contributed by atoms with Crippen LogP contribution in [0.15, 0.2) is 63.5 Å². The molecule has 2 heterocycles. The van der Waals surface area contributed by atoms with E-state index in [-0.39, 0.29) is 30.1 Å². The molecule has 1 aliphatic rings. The zero-order chi connectivity index (χ0) is 25.8. The lowest BCUT2D eigenvalue weighted by molar-refractivity contribution is -0.140. The standard InChI is InChI=1S/C26H26N2O7S/c1-15-22(25(31)35-12-11-32-2)23(17-7-5-6-8-19(17)33-3)28-24(30)21(36-26(28)27-15)14-16-9-10-18(29)20(13-16)34-4/h5-10,13-14,23,29H,11-12H2,1-4H3. The minimum Gasteiger partial charge on any atom is -0.504 e. The maximum Gasteiger partial charge on any atom is 0.338 e. The van der Waals surface area contributed by atoms with E-state index in [1.54, 1.807) is 31.2 Å². The zero-order valence-corrected chi connectivity index (χ0v) is 21.1. The Labute approximate surface area is 211 Å². The Balaban J connectivity index is 1.92. The number of phenols is 1. The molecule has 1 N–H and O–H groups in total. The number of nitrogens with zero attached hydrogens (tertiary/aromatic N) is 2. The molecule has 0 amide bonds. The summed E-state index contributed by atoms with van der Waals surface area (Å²) in [5.41, 5.74) is 1.68. The van der Waals surface area contributed by atoms with Gasteiger partial charge in [0.15, 0.2) is 16.3 Å². The summed E-state index contributed by atoms with van der Waals surface area (Å²) in [6, 6.07) is 11.2. The van der Waals surface area contributed by atoms with E-state index in [1.807, 2.05) is 18.2 Å². The summed E-state index contributed by atoms with van der Waals surface area (Å²) in [5.74, 6) is 0.235. The molecule has 0 saturated heterocycles. The highest BCUT2D eigenvalue weighted by Gasteiger charge is 2.35. The summed E-state index contributed by atoms with van der Waals surface area (Å²) in [4.78, 5) is 31.9. The van der Waals surface area contributed by atoms with Crippen molar-refractivity contribution < 1.29 is 28.8 Å². The van der Waals surface area contributed by atoms with Crippen molar-refractivity contribution in [2.24, 2.45) is 4.99 Å². The van der Waals surface area contributed by atoms with Crippen LogP contribution in [0.3, 0.4) is 0 Å². The highest BCUT2D eigenvalue weighted by Crippen LogP contribution is 2.35. The Bertz CT molecular complexity index is 1500. The summed E-state index contributed by atoms with van der Waals surface area (Å²) in [5, 5.41) is 9.90. The van der Waals surface area contributed by atoms with E-state index in [2.05, 4.69) is 4.99 Å². The summed E-state index contributed by atoms with van der Waals surface area (Å²) in [6.07, 6.45) is 1.70. The minimum atomic E-state index is -0.802. The van der Waals surface area contributed by atoms with Gasteiger partial charge in [0.25, 0.3) is 5.56 Å². The first-order valence-corrected chi connectivity index (χ1v) is 11.9. The second kappa shape index (κ2) is 10.8. The van der Waals surface area contributed by atoms with Gasteiger partial charge in [-0.2, -0.15) is 0 Å². The molecule has 0 saturated carbocycles. The van der Waals surface area contributed by atoms with Gasteiger partial charge in [-0.25, -0.2) is 9.79 Å². The number of carbonyl (C=O) groups is 1. The summed E-state index contributed by atoms with van der Waals surface area (Å²) in [6.45, 7) is 2.03. The number of para-hydroxylation sites is 1. The lowest BCUT2D eigenvalue weighted by Crippen LogP contribution is -2.40. The predicted octanol–water partition coefficient (Wildman–Crippen LogP) is 2.15. The molecule has 0 fully saturated rings. The van der Waals surface area contributed by atoms with Crippen molar-refractivity contribution in [3.8, 4) is 17.2 Å². The van der Waals surface area contributed by atoms with Crippen LogP contribution in [-0.2, 0) is 14.3 Å². The number of hydrogen-bond donors (Lipinski definition) is 1. The molecular weight excluding hydrogens is 484 g/mol. The maximum absolute atomic E-state index is 13.7. The van der Waals surface area contributed by atoms with Gasteiger partial charge in [0.2, 0.25) is 0 Å². The maximum atomic E-state index is 13.7. The first-order valence-electron chi connectivity index (χ1n) is 11.1. The van der Waals surface area contributed by atoms with Crippen molar-refractivity contribution in [1.82, 2.24) is 4.57 Å². The average Bonchev–Trinajstić information content (AvgIpc) is 3.18. The number of aromatic hydroxyl groups is 1. The monoisotopic (exact) mass is 510 g/mol. The largest absolute Gasteiger partial charge is 0.504 e. The lowest BCUT2D eigenvalue weighted by Gasteiger charge is -2.26. The van der Waals surface area contributed by atoms with Crippen LogP contribution in [0.1, 0.15) is 24.1 Å². The van der Waals surface area contributed by atoms with Crippen molar-refractivity contribution in [3.63, 3.8) is 0 Å². The van der Waals surface area contributed by atoms with Gasteiger partial charge in [-0.05, 0) is 36.8 Å². The van der Waals surface area contributed by atoms with Crippen molar-refractivity contribution in [1.29, 1.82) is 0 Å². The second-order valence-corrected chi connectivity index (χ2v) is 8.89. The number of aromatic nitrogens is 1. The molecule has 1 unspecified atom stereocenters. The molecule has 1 aromatic heterocycles. The molecule has 9 nitrogen and oxygen atoms in total. The number of thiazole rings is 1. The third-order valence-electron chi connectivity index (χ3n) is 5.70. The summed E-state index contributed by atoms with van der Waals surface area (Å²) >= 11 is 1.20. The molecule has 4 rings (SSSR count). The van der Waals surface area contributed by atoms with E-state index >= 15 is 0 Å². The number of carbonyl (C=O) groups excluding carboxylic acids is 1. The van der Waals surface area contributed by atoms with Crippen molar-refractivity contribution in [2.45, 2.75) is 13.0 Å². The number of methoxy groups -OCH3 is 3. The fourth-order valence-corrected chi connectivity index (χ4v) is 5.05. The first kappa shape index (κ1) is 25.2. The van der Waals surface area contributed by atoms with E-state index in [1.165, 1.54) is 43.3 Å². The van der Waals surface area contributed by atoms with Crippen LogP contribution in [0.4, 0.5) is 0 Å². The Morgan fingerprint density at radius 2 is 1.86 bits per heavy atom. The van der Waals surface area contributed by atoms with Crippen molar-refractivity contribution in [3.05, 3.63) is 84.5 Å². The fourth-order valence-electron chi connectivity index (χ4n) is 4.00. The van der Waals surface area contributed by atoms with Crippen LogP contribution in [0, 0.1) is 0 Å². The van der Waals surface area contributed by atoms with Gasteiger partial charge in [-0.1, -0.05) is 35.6 Å². The number of benzene rings is 2. The summed E-state index contributed by atoms with van der Waals surface area (Å²) < 4.78 is 23.1. The van der Waals surface area contributed by atoms with E-state index < -0.39 is 12.0 Å². The number of ether oxygens (including phenoxy) is 4. The molecule has 10 heteroatoms. The molecule has 188 valence electrons. The van der Waals surface area contributed by atoms with Gasteiger partial charge in [0, 0.05) is 12.7 Å². The summed E-state index contributed by atoms with van der Waals surface area (Å²) in [7, 11) is 4.51. The second-order valence-electron chi connectivity index (χ2n) is 7.88. The first-order chi connectivity index (χ1) is 17.4. The van der Waals surface area contributed by atoms with Gasteiger partial charge in [-0.3, -0.25) is 9.36 Å². The molecule has 36 heavy (non-hydrogen) atoms. The third kappa shape index (κ3) is 4.77. The number of allylic oxidation sites excluding steroid dienone is 1. The normalized spacial score (nSPS) is 15.3. The molecule has 0 aliphatic carbocycles. The van der Waals surface area contributed by atoms with Crippen LogP contribution in [-0.4, -0.2) is 50.2 Å². The highest BCUT2D eigenvalue weighted by atomic mass is 32.1. The van der Waals surface area contributed by atoms with Crippen LogP contribution in [0.2, 0.25) is 0 Å². The zero-order valence-electron chi connectivity index (χ0n) is 20.3. The predicted molar refractivity (Wildman–Crippen MR) is 134 cm³/mol. The van der Waals surface area contributed by atoms with Gasteiger partial charge < -0.3 is 24.1 Å². The van der Waals surface area contributed by atoms with Gasteiger partial charge in [-0.15, -0.1) is 0 Å². The van der Waals surface area contributed by atoms with Crippen LogP contribution in [0.5, 0.6) is 17.2 Å².